The first kappa shape index (κ1) is 19.3. The molecule has 2 aromatic carbocycles. The van der Waals surface area contributed by atoms with Gasteiger partial charge >= 0.3 is 0 Å². The predicted octanol–water partition coefficient (Wildman–Crippen LogP) is 3.76. The summed E-state index contributed by atoms with van der Waals surface area (Å²) in [6.45, 7) is 5.85. The highest BCUT2D eigenvalue weighted by Crippen LogP contribution is 2.24. The Kier molecular flexibility index (Phi) is 6.00. The molecule has 2 N–H and O–H groups in total. The van der Waals surface area contributed by atoms with E-state index in [1.54, 1.807) is 0 Å². The average molecular weight is 390 g/mol. The Morgan fingerprint density at radius 1 is 1.03 bits per heavy atom. The molecule has 0 spiro atoms. The van der Waals surface area contributed by atoms with E-state index in [2.05, 4.69) is 44.6 Å². The van der Waals surface area contributed by atoms with Crippen LogP contribution in [0.3, 0.4) is 0 Å². The number of para-hydroxylation sites is 1. The zero-order valence-corrected chi connectivity index (χ0v) is 16.8. The number of aromatic nitrogens is 2. The van der Waals surface area contributed by atoms with Crippen LogP contribution in [-0.2, 0) is 6.42 Å². The van der Waals surface area contributed by atoms with Gasteiger partial charge in [0.1, 0.15) is 5.82 Å². The third-order valence-corrected chi connectivity index (χ3v) is 5.34. The summed E-state index contributed by atoms with van der Waals surface area (Å²) >= 11 is 0. The highest BCUT2D eigenvalue weighted by Gasteiger charge is 2.15. The minimum absolute atomic E-state index is 0.192. The molecule has 150 valence electrons. The molecule has 0 unspecified atom stereocenters. The lowest BCUT2D eigenvalue weighted by Crippen LogP contribution is -2.34. The van der Waals surface area contributed by atoms with Gasteiger partial charge in [-0.1, -0.05) is 31.2 Å². The average Bonchev–Trinajstić information content (AvgIpc) is 3.27. The normalized spacial score (nSPS) is 14.2. The molecule has 0 bridgehead atoms. The number of anilines is 2. The van der Waals surface area contributed by atoms with Gasteiger partial charge in [0.2, 0.25) is 5.82 Å². The van der Waals surface area contributed by atoms with E-state index in [9.17, 15) is 4.79 Å². The first-order valence-electron chi connectivity index (χ1n) is 10.4. The van der Waals surface area contributed by atoms with Crippen LogP contribution < -0.4 is 10.6 Å². The standard InChI is InChI=1S/C23H27N5O/c1-2-17-9-11-18(12-10-17)25-21-19-7-3-4-8-20(19)26-22(27-21)23(29)24-13-16-28-14-5-6-15-28/h3-4,7-12H,2,5-6,13-16H2,1H3,(H,24,29)(H,25,26,27). The molecule has 1 fully saturated rings. The molecule has 0 atom stereocenters. The first-order valence-corrected chi connectivity index (χ1v) is 10.4. The molecule has 6 heteroatoms. The SMILES string of the molecule is CCc1ccc(Nc2nc(C(=O)NCCN3CCCC3)nc3ccccc23)cc1. The van der Waals surface area contributed by atoms with Crippen LogP contribution in [0.5, 0.6) is 0 Å². The predicted molar refractivity (Wildman–Crippen MR) is 117 cm³/mol. The van der Waals surface area contributed by atoms with Crippen molar-refractivity contribution in [2.24, 2.45) is 0 Å². The monoisotopic (exact) mass is 389 g/mol. The Morgan fingerprint density at radius 3 is 2.55 bits per heavy atom. The fraction of sp³-hybridized carbons (Fsp3) is 0.348. The maximum atomic E-state index is 12.7. The lowest BCUT2D eigenvalue weighted by Gasteiger charge is -2.15. The second-order valence-electron chi connectivity index (χ2n) is 7.39. The molecule has 1 aliphatic heterocycles. The molecule has 0 radical (unpaired) electrons. The summed E-state index contributed by atoms with van der Waals surface area (Å²) in [5, 5.41) is 7.21. The van der Waals surface area contributed by atoms with E-state index in [4.69, 9.17) is 0 Å². The smallest absolute Gasteiger partial charge is 0.289 e. The number of hydrogen-bond donors (Lipinski definition) is 2. The van der Waals surface area contributed by atoms with E-state index in [0.29, 0.717) is 12.4 Å². The largest absolute Gasteiger partial charge is 0.348 e. The van der Waals surface area contributed by atoms with Gasteiger partial charge in [-0.25, -0.2) is 9.97 Å². The van der Waals surface area contributed by atoms with Gasteiger partial charge in [-0.2, -0.15) is 0 Å². The Hall–Kier alpha value is -2.99. The van der Waals surface area contributed by atoms with Crippen LogP contribution >= 0.6 is 0 Å². The van der Waals surface area contributed by atoms with E-state index in [1.807, 2.05) is 36.4 Å². The summed E-state index contributed by atoms with van der Waals surface area (Å²) in [6, 6.07) is 16.0. The number of carbonyl (C=O) groups excluding carboxylic acids is 1. The molecule has 29 heavy (non-hydrogen) atoms. The highest BCUT2D eigenvalue weighted by molar-refractivity contribution is 5.97. The van der Waals surface area contributed by atoms with Crippen molar-refractivity contribution in [2.75, 3.05) is 31.5 Å². The summed E-state index contributed by atoms with van der Waals surface area (Å²) in [6.07, 6.45) is 3.49. The summed E-state index contributed by atoms with van der Waals surface area (Å²) < 4.78 is 0. The number of hydrogen-bond acceptors (Lipinski definition) is 5. The number of carbonyl (C=O) groups is 1. The van der Waals surface area contributed by atoms with Crippen LogP contribution in [0.15, 0.2) is 48.5 Å². The number of fused-ring (bicyclic) bond motifs is 1. The van der Waals surface area contributed by atoms with Gasteiger partial charge < -0.3 is 15.5 Å². The molecule has 6 nitrogen and oxygen atoms in total. The molecule has 1 saturated heterocycles. The lowest BCUT2D eigenvalue weighted by atomic mass is 10.1. The van der Waals surface area contributed by atoms with Crippen molar-refractivity contribution in [3.05, 3.63) is 59.9 Å². The van der Waals surface area contributed by atoms with Crippen molar-refractivity contribution < 1.29 is 4.79 Å². The molecule has 2 heterocycles. The molecular formula is C23H27N5O. The van der Waals surface area contributed by atoms with Crippen molar-refractivity contribution in [3.63, 3.8) is 0 Å². The summed E-state index contributed by atoms with van der Waals surface area (Å²) in [4.78, 5) is 24.1. The van der Waals surface area contributed by atoms with Gasteiger partial charge in [-0.15, -0.1) is 0 Å². The Balaban J connectivity index is 1.53. The molecule has 3 aromatic rings. The van der Waals surface area contributed by atoms with Crippen LogP contribution in [0.1, 0.15) is 35.9 Å². The van der Waals surface area contributed by atoms with Crippen LogP contribution in [0, 0.1) is 0 Å². The van der Waals surface area contributed by atoms with E-state index in [1.165, 1.54) is 18.4 Å². The quantitative estimate of drug-likeness (QED) is 0.644. The summed E-state index contributed by atoms with van der Waals surface area (Å²) in [5.41, 5.74) is 2.97. The molecule has 4 rings (SSSR count). The van der Waals surface area contributed by atoms with Gasteiger partial charge in [0, 0.05) is 24.2 Å². The third-order valence-electron chi connectivity index (χ3n) is 5.34. The van der Waals surface area contributed by atoms with Crippen molar-refractivity contribution in [3.8, 4) is 0 Å². The number of rotatable bonds is 7. The molecule has 1 aromatic heterocycles. The van der Waals surface area contributed by atoms with Crippen LogP contribution in [0.25, 0.3) is 10.9 Å². The van der Waals surface area contributed by atoms with Crippen molar-refractivity contribution >= 4 is 28.3 Å². The van der Waals surface area contributed by atoms with Crippen LogP contribution in [0.4, 0.5) is 11.5 Å². The number of likely N-dealkylation sites (tertiary alicyclic amines) is 1. The molecule has 1 amide bonds. The topological polar surface area (TPSA) is 70.2 Å². The number of nitrogens with zero attached hydrogens (tertiary/aromatic N) is 3. The summed E-state index contributed by atoms with van der Waals surface area (Å²) in [7, 11) is 0. The highest BCUT2D eigenvalue weighted by atomic mass is 16.2. The van der Waals surface area contributed by atoms with Gasteiger partial charge in [0.15, 0.2) is 0 Å². The number of aryl methyl sites for hydroxylation is 1. The number of nitrogens with one attached hydrogen (secondary N) is 2. The van der Waals surface area contributed by atoms with E-state index in [0.717, 1.165) is 42.6 Å². The van der Waals surface area contributed by atoms with E-state index < -0.39 is 0 Å². The fourth-order valence-corrected chi connectivity index (χ4v) is 3.65. The minimum atomic E-state index is -0.237. The Morgan fingerprint density at radius 2 is 1.79 bits per heavy atom. The van der Waals surface area contributed by atoms with E-state index in [-0.39, 0.29) is 11.7 Å². The molecule has 0 aliphatic carbocycles. The summed E-state index contributed by atoms with van der Waals surface area (Å²) in [5.74, 6) is 0.599. The maximum Gasteiger partial charge on any atom is 0.289 e. The first-order chi connectivity index (χ1) is 14.2. The van der Waals surface area contributed by atoms with Gasteiger partial charge in [-0.3, -0.25) is 4.79 Å². The molecular weight excluding hydrogens is 362 g/mol. The maximum absolute atomic E-state index is 12.7. The fourth-order valence-electron chi connectivity index (χ4n) is 3.65. The lowest BCUT2D eigenvalue weighted by molar-refractivity contribution is 0.0940. The second kappa shape index (κ2) is 9.01. The molecule has 0 saturated carbocycles. The zero-order chi connectivity index (χ0) is 20.1. The Bertz CT molecular complexity index is 980. The van der Waals surface area contributed by atoms with Crippen LogP contribution in [-0.4, -0.2) is 47.0 Å². The minimum Gasteiger partial charge on any atom is -0.348 e. The molecule has 1 aliphatic rings. The van der Waals surface area contributed by atoms with Crippen molar-refractivity contribution in [2.45, 2.75) is 26.2 Å². The van der Waals surface area contributed by atoms with Gasteiger partial charge in [0.25, 0.3) is 5.91 Å². The second-order valence-corrected chi connectivity index (χ2v) is 7.39. The number of benzene rings is 2. The van der Waals surface area contributed by atoms with Crippen molar-refractivity contribution in [1.82, 2.24) is 20.2 Å². The Labute approximate surface area is 171 Å². The third kappa shape index (κ3) is 4.71. The van der Waals surface area contributed by atoms with E-state index >= 15 is 0 Å². The van der Waals surface area contributed by atoms with Gasteiger partial charge in [-0.05, 0) is 62.2 Å². The number of amides is 1. The van der Waals surface area contributed by atoms with Gasteiger partial charge in [0.05, 0.1) is 5.52 Å². The van der Waals surface area contributed by atoms with Crippen LogP contribution in [0.2, 0.25) is 0 Å². The zero-order valence-electron chi connectivity index (χ0n) is 16.8. The van der Waals surface area contributed by atoms with Crippen molar-refractivity contribution in [1.29, 1.82) is 0 Å².